The van der Waals surface area contributed by atoms with Gasteiger partial charge in [0, 0.05) is 0 Å². The van der Waals surface area contributed by atoms with Crippen molar-refractivity contribution in [2.24, 2.45) is 0 Å². The Morgan fingerprint density at radius 2 is 0.167 bits per heavy atom. The van der Waals surface area contributed by atoms with E-state index >= 15 is 0 Å². The zero-order valence-corrected chi connectivity index (χ0v) is 52.1. The fourth-order valence-corrected chi connectivity index (χ4v) is 0. The molecule has 0 N–H and O–H groups in total. The average molecular weight is 1440 g/mol. The molecule has 0 nitrogen and oxygen atoms in total. The minimum atomic E-state index is 0. The molecule has 0 fully saturated rings. The van der Waals surface area contributed by atoms with Crippen molar-refractivity contribution in [2.75, 3.05) is 0 Å². The summed E-state index contributed by atoms with van der Waals surface area (Å²) in [4.78, 5) is 0. The molecule has 0 bridgehead atoms. The van der Waals surface area contributed by atoms with Crippen LogP contribution < -0.4 is 0 Å². The summed E-state index contributed by atoms with van der Waals surface area (Å²) in [6.07, 6.45) is 0. The summed E-state index contributed by atoms with van der Waals surface area (Å²) >= 11 is 0. The van der Waals surface area contributed by atoms with E-state index in [1.165, 1.54) is 0 Å². The van der Waals surface area contributed by atoms with Crippen molar-refractivity contribution >= 4 is 287 Å². The molecule has 12 heavy (non-hydrogen) atoms. The maximum absolute atomic E-state index is 0. The summed E-state index contributed by atoms with van der Waals surface area (Å²) < 4.78 is 0. The van der Waals surface area contributed by atoms with Crippen molar-refractivity contribution in [1.82, 2.24) is 0 Å². The molecule has 0 rings (SSSR count). The van der Waals surface area contributed by atoms with Crippen LogP contribution in [-0.2, 0) is 0 Å². The molecule has 0 aromatic heterocycles. The monoisotopic (exact) mass is 1450 g/mol. The standard InChI is InChI=1S/12Sn.16H. The Kier molecular flexibility index (Phi) is 713. The zero-order valence-electron chi connectivity index (χ0n) is 7.77. The second-order valence-electron chi connectivity index (χ2n) is 0. The fourth-order valence-electron chi connectivity index (χ4n) is 0. The quantitative estimate of drug-likeness (QED) is 0.212. The molecular formula is H16Sn12. The molecule has 0 aliphatic rings. The molecule has 0 aliphatic carbocycles. The molecule has 32 radical (unpaired) electrons. The van der Waals surface area contributed by atoms with Crippen LogP contribution >= 0.6 is 0 Å². The maximum atomic E-state index is 0. The molecule has 0 atom stereocenters. The van der Waals surface area contributed by atoms with E-state index in [0.717, 1.165) is 0 Å². The molecule has 0 aromatic carbocycles. The van der Waals surface area contributed by atoms with E-state index in [1.807, 2.05) is 0 Å². The molecule has 0 saturated carbocycles. The molecule has 0 unspecified atom stereocenters. The van der Waals surface area contributed by atoms with Gasteiger partial charge < -0.3 is 0 Å². The Morgan fingerprint density at radius 1 is 0.167 bits per heavy atom. The SMILES string of the molecule is [SnH3].[SnH3].[SnH].[SnH].[SnH].[SnH].[SnH].[SnH].[SnH].[SnH].[SnH].[SnH]. The fraction of sp³-hybridized carbons (Fsp3) is 0. The topological polar surface area (TPSA) is 0 Å². The van der Waals surface area contributed by atoms with Gasteiger partial charge in [0.25, 0.3) is 0 Å². The van der Waals surface area contributed by atoms with E-state index < -0.39 is 0 Å². The number of hydrogen-bond donors (Lipinski definition) is 0. The van der Waals surface area contributed by atoms with Gasteiger partial charge in [0.2, 0.25) is 0 Å². The Bertz CT molecular complexity index is 0. The van der Waals surface area contributed by atoms with Crippen LogP contribution in [0.2, 0.25) is 0 Å². The van der Waals surface area contributed by atoms with E-state index in [2.05, 4.69) is 0 Å². The van der Waals surface area contributed by atoms with Gasteiger partial charge in [-0.05, 0) is 0 Å². The van der Waals surface area contributed by atoms with Crippen LogP contribution in [-0.4, -0.2) is 287 Å². The van der Waals surface area contributed by atoms with E-state index in [1.54, 1.807) is 0 Å². The van der Waals surface area contributed by atoms with E-state index in [0.29, 0.717) is 0 Å². The molecule has 0 spiro atoms. The van der Waals surface area contributed by atoms with Crippen LogP contribution in [0.25, 0.3) is 0 Å². The van der Waals surface area contributed by atoms with Crippen LogP contribution in [0.3, 0.4) is 0 Å². The van der Waals surface area contributed by atoms with Crippen molar-refractivity contribution in [1.29, 1.82) is 0 Å². The van der Waals surface area contributed by atoms with E-state index in [4.69, 9.17) is 0 Å². The van der Waals surface area contributed by atoms with Crippen molar-refractivity contribution in [3.05, 3.63) is 0 Å². The first-order chi connectivity index (χ1) is 0. The Balaban J connectivity index is 0. The van der Waals surface area contributed by atoms with Crippen LogP contribution in [0, 0.1) is 0 Å². The summed E-state index contributed by atoms with van der Waals surface area (Å²) in [6, 6.07) is 0. The van der Waals surface area contributed by atoms with Gasteiger partial charge in [-0.2, -0.15) is 0 Å². The van der Waals surface area contributed by atoms with Crippen molar-refractivity contribution in [3.8, 4) is 0 Å². The van der Waals surface area contributed by atoms with Gasteiger partial charge >= 0.3 is 287 Å². The van der Waals surface area contributed by atoms with E-state index in [9.17, 15) is 0 Å². The van der Waals surface area contributed by atoms with Crippen molar-refractivity contribution in [3.63, 3.8) is 0 Å². The van der Waals surface area contributed by atoms with Gasteiger partial charge in [0.1, 0.15) is 0 Å². The average Bonchev–Trinajstić information content (AvgIpc) is 0. The van der Waals surface area contributed by atoms with Crippen molar-refractivity contribution < 1.29 is 0 Å². The molecule has 0 aliphatic heterocycles. The van der Waals surface area contributed by atoms with Crippen LogP contribution in [0.15, 0.2) is 0 Å². The number of rotatable bonds is 0. The predicted molar refractivity (Wildman–Crippen MR) is 91.4 cm³/mol. The number of hydrogen-bond acceptors (Lipinski definition) is 0. The Labute approximate surface area is 278 Å². The molecule has 0 heterocycles. The Hall–Kier alpha value is 9.58. The normalized spacial score (nSPS) is 0. The first-order valence-corrected chi connectivity index (χ1v) is 0. The molecule has 0 amide bonds. The minimum absolute atomic E-state index is 0. The van der Waals surface area contributed by atoms with Gasteiger partial charge in [0.15, 0.2) is 0 Å². The summed E-state index contributed by atoms with van der Waals surface area (Å²) in [7, 11) is 0. The molecule has 0 saturated heterocycles. The first kappa shape index (κ1) is 99.6. The Morgan fingerprint density at radius 3 is 0.167 bits per heavy atom. The first-order valence-electron chi connectivity index (χ1n) is 0. The summed E-state index contributed by atoms with van der Waals surface area (Å²) in [5.41, 5.74) is 0. The van der Waals surface area contributed by atoms with Gasteiger partial charge in [-0.25, -0.2) is 0 Å². The summed E-state index contributed by atoms with van der Waals surface area (Å²) in [5.74, 6) is 0. The van der Waals surface area contributed by atoms with Gasteiger partial charge in [-0.3, -0.25) is 0 Å². The van der Waals surface area contributed by atoms with Crippen LogP contribution in [0.4, 0.5) is 0 Å². The van der Waals surface area contributed by atoms with Crippen LogP contribution in [0.5, 0.6) is 0 Å². The zero-order chi connectivity index (χ0) is 0. The van der Waals surface area contributed by atoms with Gasteiger partial charge in [-0.1, -0.05) is 0 Å². The molecule has 64 valence electrons. The summed E-state index contributed by atoms with van der Waals surface area (Å²) in [6.45, 7) is 0. The molecule has 12 heteroatoms. The second-order valence-corrected chi connectivity index (χ2v) is 0. The van der Waals surface area contributed by atoms with Crippen molar-refractivity contribution in [2.45, 2.75) is 0 Å². The molecular weight excluding hydrogens is 1420 g/mol. The second kappa shape index (κ2) is 85.9. The predicted octanol–water partition coefficient (Wildman–Crippen LogP) is -8.85. The third-order valence-corrected chi connectivity index (χ3v) is 0. The third kappa shape index (κ3) is 73.6. The van der Waals surface area contributed by atoms with E-state index in [-0.39, 0.29) is 287 Å². The summed E-state index contributed by atoms with van der Waals surface area (Å²) in [5, 5.41) is 0. The van der Waals surface area contributed by atoms with Gasteiger partial charge in [-0.15, -0.1) is 0 Å². The molecule has 0 aromatic rings. The third-order valence-electron chi connectivity index (χ3n) is 0. The van der Waals surface area contributed by atoms with Crippen LogP contribution in [0.1, 0.15) is 0 Å². The van der Waals surface area contributed by atoms with Gasteiger partial charge in [0.05, 0.1) is 0 Å².